The van der Waals surface area contributed by atoms with E-state index < -0.39 is 27.4 Å². The summed E-state index contributed by atoms with van der Waals surface area (Å²) in [4.78, 5) is 24.6. The minimum Gasteiger partial charge on any atom is -0.486 e. The van der Waals surface area contributed by atoms with Crippen LogP contribution in [-0.4, -0.2) is 44.1 Å². The van der Waals surface area contributed by atoms with Gasteiger partial charge in [0.15, 0.2) is 22.2 Å². The average Bonchev–Trinajstić information content (AvgIpc) is 2.98. The Hall–Kier alpha value is -2.35. The van der Waals surface area contributed by atoms with Crippen LogP contribution in [0.15, 0.2) is 29.7 Å². The normalized spacial score (nSPS) is 24.4. The van der Waals surface area contributed by atoms with E-state index in [9.17, 15) is 18.0 Å². The summed E-state index contributed by atoms with van der Waals surface area (Å²) in [6, 6.07) is 4.45. The molecule has 8 heteroatoms. The third-order valence-corrected chi connectivity index (χ3v) is 6.87. The highest BCUT2D eigenvalue weighted by Crippen LogP contribution is 2.42. The number of rotatable bonds is 4. The molecule has 1 aliphatic carbocycles. The molecular formula is C20H23NO6S. The van der Waals surface area contributed by atoms with Gasteiger partial charge in [0.2, 0.25) is 0 Å². The molecule has 0 bridgehead atoms. The second-order valence-corrected chi connectivity index (χ2v) is 9.66. The summed E-state index contributed by atoms with van der Waals surface area (Å²) in [5.74, 6) is 0.493. The summed E-state index contributed by atoms with van der Waals surface area (Å²) < 4.78 is 34.5. The van der Waals surface area contributed by atoms with Crippen LogP contribution in [0.4, 0.5) is 0 Å². The van der Waals surface area contributed by atoms with Crippen LogP contribution in [0.5, 0.6) is 11.5 Å². The van der Waals surface area contributed by atoms with Crippen molar-refractivity contribution in [2.24, 2.45) is 0 Å². The largest absolute Gasteiger partial charge is 0.486 e. The molecule has 2 aliphatic heterocycles. The highest BCUT2D eigenvalue weighted by molar-refractivity contribution is 7.94. The van der Waals surface area contributed by atoms with E-state index in [-0.39, 0.29) is 18.1 Å². The van der Waals surface area contributed by atoms with Gasteiger partial charge in [-0.1, -0.05) is 6.42 Å². The fourth-order valence-corrected chi connectivity index (χ4v) is 5.34. The Morgan fingerprint density at radius 2 is 2.04 bits per heavy atom. The minimum absolute atomic E-state index is 0.0849. The van der Waals surface area contributed by atoms with E-state index in [1.807, 2.05) is 0 Å². The number of hydrogen-bond donors (Lipinski definition) is 1. The second kappa shape index (κ2) is 7.24. The van der Waals surface area contributed by atoms with Crippen LogP contribution in [0, 0.1) is 0 Å². The molecule has 1 saturated carbocycles. The maximum absolute atomic E-state index is 12.5. The molecule has 0 aromatic heterocycles. The summed E-state index contributed by atoms with van der Waals surface area (Å²) in [5, 5.41) is 3.71. The highest BCUT2D eigenvalue weighted by atomic mass is 32.2. The number of ketones is 1. The van der Waals surface area contributed by atoms with Crippen molar-refractivity contribution >= 4 is 21.5 Å². The Labute approximate surface area is 164 Å². The van der Waals surface area contributed by atoms with E-state index in [0.29, 0.717) is 23.5 Å². The van der Waals surface area contributed by atoms with Crippen LogP contribution in [0.2, 0.25) is 0 Å². The maximum atomic E-state index is 12.5. The minimum atomic E-state index is -3.22. The Kier molecular flexibility index (Phi) is 4.91. The van der Waals surface area contributed by atoms with E-state index in [1.54, 1.807) is 18.2 Å². The van der Waals surface area contributed by atoms with Gasteiger partial charge in [-0.25, -0.2) is 8.42 Å². The lowest BCUT2D eigenvalue weighted by Crippen LogP contribution is -2.43. The van der Waals surface area contributed by atoms with Crippen molar-refractivity contribution in [1.29, 1.82) is 0 Å². The van der Waals surface area contributed by atoms with Gasteiger partial charge in [0, 0.05) is 11.5 Å². The third-order valence-electron chi connectivity index (χ3n) is 5.47. The first-order chi connectivity index (χ1) is 13.3. The molecule has 0 radical (unpaired) electrons. The van der Waals surface area contributed by atoms with Crippen LogP contribution in [-0.2, 0) is 14.6 Å². The Morgan fingerprint density at radius 3 is 2.75 bits per heavy atom. The quantitative estimate of drug-likeness (QED) is 0.824. The van der Waals surface area contributed by atoms with Gasteiger partial charge in [-0.3, -0.25) is 9.59 Å². The van der Waals surface area contributed by atoms with Gasteiger partial charge in [0.25, 0.3) is 5.91 Å². The van der Waals surface area contributed by atoms with Crippen molar-refractivity contribution in [2.45, 2.75) is 50.2 Å². The molecule has 4 rings (SSSR count). The van der Waals surface area contributed by atoms with E-state index in [1.165, 1.54) is 12.5 Å². The zero-order valence-electron chi connectivity index (χ0n) is 15.5. The number of hydrogen-bond acceptors (Lipinski definition) is 6. The number of carbonyl (C=O) groups is 2. The molecule has 0 saturated heterocycles. The fraction of sp³-hybridized carbons (Fsp3) is 0.500. The molecule has 1 spiro atoms. The summed E-state index contributed by atoms with van der Waals surface area (Å²) >= 11 is 0. The molecule has 1 fully saturated rings. The van der Waals surface area contributed by atoms with Crippen molar-refractivity contribution in [1.82, 2.24) is 5.32 Å². The number of benzene rings is 1. The number of fused-ring (bicyclic) bond motifs is 1. The molecule has 1 N–H and O–H groups in total. The van der Waals surface area contributed by atoms with Gasteiger partial charge in [-0.2, -0.15) is 0 Å². The van der Waals surface area contributed by atoms with Crippen molar-refractivity contribution in [3.05, 3.63) is 35.2 Å². The van der Waals surface area contributed by atoms with Crippen LogP contribution in [0.25, 0.3) is 0 Å². The molecular weight excluding hydrogens is 382 g/mol. The standard InChI is InChI=1S/C20H23NO6S/c22-17-11-20(7-2-1-3-8-20)27-18-10-15(4-5-16(17)18)26-12-19(23)21-14-6-9-28(24,25)13-14/h4-6,9-10,14H,1-3,7-8,11-13H2,(H,21,23)/t14-/m1/s1. The topological polar surface area (TPSA) is 98.8 Å². The van der Waals surface area contributed by atoms with Gasteiger partial charge in [-0.15, -0.1) is 0 Å². The lowest BCUT2D eigenvalue weighted by molar-refractivity contribution is -0.123. The van der Waals surface area contributed by atoms with Crippen molar-refractivity contribution in [3.8, 4) is 11.5 Å². The Balaban J connectivity index is 1.39. The first-order valence-electron chi connectivity index (χ1n) is 9.54. The fourth-order valence-electron chi connectivity index (χ4n) is 4.10. The zero-order chi connectivity index (χ0) is 19.8. The van der Waals surface area contributed by atoms with Gasteiger partial charge in [-0.05, 0) is 43.9 Å². The molecule has 1 amide bonds. The molecule has 2 heterocycles. The molecule has 1 atom stereocenters. The zero-order valence-corrected chi connectivity index (χ0v) is 16.3. The number of Topliss-reactive ketones (excluding diaryl/α,β-unsaturated/α-hetero) is 1. The molecule has 28 heavy (non-hydrogen) atoms. The summed E-state index contributed by atoms with van der Waals surface area (Å²) in [6.45, 7) is -0.248. The third kappa shape index (κ3) is 4.06. The number of sulfone groups is 1. The van der Waals surface area contributed by atoms with E-state index in [2.05, 4.69) is 5.32 Å². The van der Waals surface area contributed by atoms with Crippen LogP contribution in [0.1, 0.15) is 48.9 Å². The SMILES string of the molecule is O=C(COc1ccc2c(c1)OC1(CCCCC1)CC2=O)N[C@@H]1C=CS(=O)(=O)C1. The molecule has 3 aliphatic rings. The van der Waals surface area contributed by atoms with Crippen molar-refractivity contribution < 1.29 is 27.5 Å². The Bertz CT molecular complexity index is 930. The van der Waals surface area contributed by atoms with E-state index in [0.717, 1.165) is 31.1 Å². The lowest BCUT2D eigenvalue weighted by Gasteiger charge is -2.40. The molecule has 0 unspecified atom stereocenters. The number of amides is 1. The first-order valence-corrected chi connectivity index (χ1v) is 11.3. The average molecular weight is 405 g/mol. The van der Waals surface area contributed by atoms with Gasteiger partial charge < -0.3 is 14.8 Å². The van der Waals surface area contributed by atoms with E-state index >= 15 is 0 Å². The Morgan fingerprint density at radius 1 is 1.25 bits per heavy atom. The lowest BCUT2D eigenvalue weighted by atomic mass is 9.78. The number of carbonyl (C=O) groups excluding carboxylic acids is 2. The maximum Gasteiger partial charge on any atom is 0.258 e. The molecule has 150 valence electrons. The molecule has 7 nitrogen and oxygen atoms in total. The van der Waals surface area contributed by atoms with Crippen LogP contribution < -0.4 is 14.8 Å². The number of nitrogens with one attached hydrogen (secondary N) is 1. The highest BCUT2D eigenvalue weighted by Gasteiger charge is 2.41. The monoisotopic (exact) mass is 405 g/mol. The van der Waals surface area contributed by atoms with Crippen LogP contribution >= 0.6 is 0 Å². The van der Waals surface area contributed by atoms with Crippen LogP contribution in [0.3, 0.4) is 0 Å². The van der Waals surface area contributed by atoms with Crippen molar-refractivity contribution in [3.63, 3.8) is 0 Å². The second-order valence-electron chi connectivity index (χ2n) is 7.72. The van der Waals surface area contributed by atoms with Gasteiger partial charge in [0.05, 0.1) is 23.8 Å². The summed E-state index contributed by atoms with van der Waals surface area (Å²) in [7, 11) is -3.22. The molecule has 1 aromatic rings. The van der Waals surface area contributed by atoms with Gasteiger partial charge >= 0.3 is 0 Å². The summed E-state index contributed by atoms with van der Waals surface area (Å²) in [6.07, 6.45) is 6.92. The van der Waals surface area contributed by atoms with Crippen molar-refractivity contribution in [2.75, 3.05) is 12.4 Å². The van der Waals surface area contributed by atoms with E-state index in [4.69, 9.17) is 9.47 Å². The predicted octanol–water partition coefficient (Wildman–Crippen LogP) is 2.16. The molecule has 1 aromatic carbocycles. The van der Waals surface area contributed by atoms with Gasteiger partial charge in [0.1, 0.15) is 17.1 Å². The number of ether oxygens (including phenoxy) is 2. The summed E-state index contributed by atoms with van der Waals surface area (Å²) in [5.41, 5.74) is 0.146. The smallest absolute Gasteiger partial charge is 0.258 e. The predicted molar refractivity (Wildman–Crippen MR) is 102 cm³/mol. The first kappa shape index (κ1) is 19.0.